The number of carbonyl (C=O) groups is 2. The maximum atomic E-state index is 13.8. The molecule has 2 fully saturated rings. The van der Waals surface area contributed by atoms with Gasteiger partial charge in [-0.25, -0.2) is 9.18 Å². The molecule has 26 heavy (non-hydrogen) atoms. The van der Waals surface area contributed by atoms with Crippen LogP contribution in [0, 0.1) is 0 Å². The van der Waals surface area contributed by atoms with E-state index in [-0.39, 0.29) is 26.1 Å². The summed E-state index contributed by atoms with van der Waals surface area (Å²) in [6.07, 6.45) is -6.19. The number of carbonyl (C=O) groups excluding carboxylic acids is 2. The van der Waals surface area contributed by atoms with Gasteiger partial charge in [-0.15, -0.1) is 0 Å². The molecule has 150 valence electrons. The Morgan fingerprint density at radius 3 is 2.42 bits per heavy atom. The van der Waals surface area contributed by atoms with E-state index >= 15 is 0 Å². The quantitative estimate of drug-likeness (QED) is 0.758. The fraction of sp³-hybridized carbons (Fsp3) is 0.875. The molecule has 0 aromatic heterocycles. The first-order valence-electron chi connectivity index (χ1n) is 8.57. The summed E-state index contributed by atoms with van der Waals surface area (Å²) in [5.41, 5.74) is -0.782. The zero-order valence-electron chi connectivity index (χ0n) is 15.1. The van der Waals surface area contributed by atoms with E-state index in [2.05, 4.69) is 5.32 Å². The third-order valence-electron chi connectivity index (χ3n) is 4.20. The van der Waals surface area contributed by atoms with Gasteiger partial charge < -0.3 is 10.1 Å². The van der Waals surface area contributed by atoms with Crippen molar-refractivity contribution in [1.82, 2.24) is 15.1 Å². The second kappa shape index (κ2) is 7.58. The lowest BCUT2D eigenvalue weighted by Gasteiger charge is -2.28. The molecule has 0 aromatic rings. The number of nitrogens with zero attached hydrogens (tertiary/aromatic N) is 2. The molecule has 2 saturated heterocycles. The smallest absolute Gasteiger partial charge is 0.411 e. The van der Waals surface area contributed by atoms with Gasteiger partial charge in [0.1, 0.15) is 17.8 Å². The first-order chi connectivity index (χ1) is 11.8. The molecule has 0 aromatic carbocycles. The Hall–Kier alpha value is -1.58. The van der Waals surface area contributed by atoms with Gasteiger partial charge in [0.2, 0.25) is 5.91 Å². The number of likely N-dealkylation sites (tertiary alicyclic amines) is 2. The monoisotopic (exact) mass is 383 g/mol. The number of hydrogen-bond donors (Lipinski definition) is 1. The Morgan fingerprint density at radius 2 is 1.85 bits per heavy atom. The number of alkyl halides is 4. The van der Waals surface area contributed by atoms with Gasteiger partial charge >= 0.3 is 12.3 Å². The fourth-order valence-corrected chi connectivity index (χ4v) is 3.20. The van der Waals surface area contributed by atoms with Gasteiger partial charge in [-0.1, -0.05) is 0 Å². The Balaban J connectivity index is 1.92. The highest BCUT2D eigenvalue weighted by atomic mass is 19.4. The van der Waals surface area contributed by atoms with Crippen LogP contribution in [0.1, 0.15) is 33.6 Å². The van der Waals surface area contributed by atoms with Crippen molar-refractivity contribution in [3.05, 3.63) is 0 Å². The van der Waals surface area contributed by atoms with Gasteiger partial charge in [0, 0.05) is 25.6 Å². The largest absolute Gasteiger partial charge is 0.444 e. The summed E-state index contributed by atoms with van der Waals surface area (Å²) in [5, 5.41) is 2.64. The number of ether oxygens (including phenoxy) is 1. The minimum absolute atomic E-state index is 0.0729. The van der Waals surface area contributed by atoms with Crippen molar-refractivity contribution in [2.45, 2.75) is 63.6 Å². The van der Waals surface area contributed by atoms with Crippen LogP contribution in [0.5, 0.6) is 0 Å². The molecule has 6 nitrogen and oxygen atoms in total. The van der Waals surface area contributed by atoms with Crippen molar-refractivity contribution in [3.63, 3.8) is 0 Å². The van der Waals surface area contributed by atoms with Crippen molar-refractivity contribution in [3.8, 4) is 0 Å². The SMILES string of the molecule is CC(C)(C)OC(=O)N1CC(F)CC1C(=O)NC1CCN(CC(F)(F)F)C1. The highest BCUT2D eigenvalue weighted by Crippen LogP contribution is 2.24. The van der Waals surface area contributed by atoms with Crippen LogP contribution in [0.2, 0.25) is 0 Å². The molecule has 0 spiro atoms. The molecule has 0 aliphatic carbocycles. The first-order valence-corrected chi connectivity index (χ1v) is 8.57. The lowest BCUT2D eigenvalue weighted by Crippen LogP contribution is -2.50. The van der Waals surface area contributed by atoms with Gasteiger partial charge in [0.05, 0.1) is 13.1 Å². The van der Waals surface area contributed by atoms with E-state index in [1.54, 1.807) is 20.8 Å². The van der Waals surface area contributed by atoms with Crippen LogP contribution in [-0.4, -0.2) is 78.0 Å². The summed E-state index contributed by atoms with van der Waals surface area (Å²) in [6, 6.07) is -1.47. The summed E-state index contributed by atoms with van der Waals surface area (Å²) in [5.74, 6) is -0.560. The lowest BCUT2D eigenvalue weighted by molar-refractivity contribution is -0.143. The molecular formula is C16H25F4N3O3. The normalized spacial score (nSPS) is 27.7. The molecule has 3 unspecified atom stereocenters. The summed E-state index contributed by atoms with van der Waals surface area (Å²) in [7, 11) is 0. The van der Waals surface area contributed by atoms with Gasteiger partial charge in [-0.2, -0.15) is 13.2 Å². The van der Waals surface area contributed by atoms with Gasteiger partial charge in [0.15, 0.2) is 0 Å². The van der Waals surface area contributed by atoms with Gasteiger partial charge in [-0.05, 0) is 27.2 Å². The third-order valence-corrected chi connectivity index (χ3v) is 4.20. The minimum atomic E-state index is -4.29. The zero-order chi connectivity index (χ0) is 19.7. The predicted octanol–water partition coefficient (Wildman–Crippen LogP) is 2.09. The van der Waals surface area contributed by atoms with Crippen LogP contribution in [-0.2, 0) is 9.53 Å². The van der Waals surface area contributed by atoms with Crippen molar-refractivity contribution < 1.29 is 31.9 Å². The Morgan fingerprint density at radius 1 is 1.19 bits per heavy atom. The van der Waals surface area contributed by atoms with Crippen molar-refractivity contribution in [2.24, 2.45) is 0 Å². The Labute approximate surface area is 149 Å². The van der Waals surface area contributed by atoms with Gasteiger partial charge in [-0.3, -0.25) is 14.6 Å². The molecule has 2 heterocycles. The first kappa shape index (κ1) is 20.7. The van der Waals surface area contributed by atoms with E-state index in [1.807, 2.05) is 0 Å². The van der Waals surface area contributed by atoms with E-state index in [1.165, 1.54) is 4.90 Å². The van der Waals surface area contributed by atoms with Crippen LogP contribution in [0.15, 0.2) is 0 Å². The highest BCUT2D eigenvalue weighted by Gasteiger charge is 2.43. The van der Waals surface area contributed by atoms with E-state index < -0.39 is 48.6 Å². The van der Waals surface area contributed by atoms with E-state index in [0.29, 0.717) is 6.42 Å². The predicted molar refractivity (Wildman–Crippen MR) is 85.3 cm³/mol. The number of halogens is 4. The number of hydrogen-bond acceptors (Lipinski definition) is 4. The van der Waals surface area contributed by atoms with Crippen LogP contribution >= 0.6 is 0 Å². The lowest BCUT2D eigenvalue weighted by atomic mass is 10.1. The third kappa shape index (κ3) is 6.00. The van der Waals surface area contributed by atoms with Crippen LogP contribution in [0.25, 0.3) is 0 Å². The standard InChI is InChI=1S/C16H25F4N3O3/c1-15(2,3)26-14(25)23-7-10(17)6-12(23)13(24)21-11-4-5-22(8-11)9-16(18,19)20/h10-12H,4-9H2,1-3H3,(H,21,24). The zero-order valence-corrected chi connectivity index (χ0v) is 15.1. The Bertz CT molecular complexity index is 536. The minimum Gasteiger partial charge on any atom is -0.444 e. The van der Waals surface area contributed by atoms with E-state index in [9.17, 15) is 27.2 Å². The summed E-state index contributed by atoms with van der Waals surface area (Å²) >= 11 is 0. The summed E-state index contributed by atoms with van der Waals surface area (Å²) in [6.45, 7) is 4.02. The van der Waals surface area contributed by atoms with Crippen molar-refractivity contribution in [1.29, 1.82) is 0 Å². The number of nitrogens with one attached hydrogen (secondary N) is 1. The molecule has 0 saturated carbocycles. The molecule has 2 amide bonds. The fourth-order valence-electron chi connectivity index (χ4n) is 3.20. The molecule has 10 heteroatoms. The molecule has 2 rings (SSSR count). The van der Waals surface area contributed by atoms with Crippen LogP contribution in [0.4, 0.5) is 22.4 Å². The van der Waals surface area contributed by atoms with Crippen LogP contribution < -0.4 is 5.32 Å². The summed E-state index contributed by atoms with van der Waals surface area (Å²) in [4.78, 5) is 26.9. The molecule has 2 aliphatic rings. The maximum Gasteiger partial charge on any atom is 0.411 e. The average Bonchev–Trinajstić information content (AvgIpc) is 3.01. The topological polar surface area (TPSA) is 61.9 Å². The van der Waals surface area contributed by atoms with E-state index in [4.69, 9.17) is 4.74 Å². The summed E-state index contributed by atoms with van der Waals surface area (Å²) < 4.78 is 56.3. The second-order valence-corrected chi connectivity index (χ2v) is 7.83. The van der Waals surface area contributed by atoms with Crippen molar-refractivity contribution >= 4 is 12.0 Å². The van der Waals surface area contributed by atoms with Crippen LogP contribution in [0.3, 0.4) is 0 Å². The highest BCUT2D eigenvalue weighted by molar-refractivity contribution is 5.86. The average molecular weight is 383 g/mol. The molecule has 3 atom stereocenters. The molecule has 0 bridgehead atoms. The number of rotatable bonds is 3. The maximum absolute atomic E-state index is 13.8. The van der Waals surface area contributed by atoms with E-state index in [0.717, 1.165) is 4.90 Å². The number of amides is 2. The second-order valence-electron chi connectivity index (χ2n) is 7.83. The Kier molecular flexibility index (Phi) is 6.04. The molecular weight excluding hydrogens is 358 g/mol. The van der Waals surface area contributed by atoms with Gasteiger partial charge in [0.25, 0.3) is 0 Å². The molecule has 0 radical (unpaired) electrons. The van der Waals surface area contributed by atoms with Crippen molar-refractivity contribution in [2.75, 3.05) is 26.2 Å². The molecule has 2 aliphatic heterocycles. The molecule has 1 N–H and O–H groups in total.